The van der Waals surface area contributed by atoms with Crippen LogP contribution in [0.2, 0.25) is 0 Å². The molecule has 1 aromatic rings. The molecule has 0 spiro atoms. The Morgan fingerprint density at radius 1 is 1.24 bits per heavy atom. The highest BCUT2D eigenvalue weighted by atomic mass is 15.3. The molecular weight excluding hydrogens is 210 g/mol. The quantitative estimate of drug-likeness (QED) is 0.704. The fourth-order valence-electron chi connectivity index (χ4n) is 2.04. The Morgan fingerprint density at radius 2 is 2.00 bits per heavy atom. The van der Waals surface area contributed by atoms with Crippen molar-refractivity contribution in [3.63, 3.8) is 0 Å². The lowest BCUT2D eigenvalue weighted by molar-refractivity contribution is 0.429. The van der Waals surface area contributed by atoms with Crippen molar-refractivity contribution < 1.29 is 0 Å². The summed E-state index contributed by atoms with van der Waals surface area (Å²) in [5, 5.41) is 8.14. The maximum Gasteiger partial charge on any atom is 0.0624 e. The Hall–Kier alpha value is -0.830. The minimum absolute atomic E-state index is 0.495. The van der Waals surface area contributed by atoms with E-state index in [-0.39, 0.29) is 0 Å². The van der Waals surface area contributed by atoms with Crippen LogP contribution in [0.3, 0.4) is 0 Å². The van der Waals surface area contributed by atoms with Gasteiger partial charge in [0.05, 0.1) is 11.7 Å². The summed E-state index contributed by atoms with van der Waals surface area (Å²) < 4.78 is 2.21. The minimum Gasteiger partial charge on any atom is -0.317 e. The molecule has 0 bridgehead atoms. The summed E-state index contributed by atoms with van der Waals surface area (Å²) in [5.41, 5.74) is 2.58. The average Bonchev–Trinajstić information content (AvgIpc) is 2.77. The highest BCUT2D eigenvalue weighted by molar-refractivity contribution is 5.11. The average molecular weight is 237 g/mol. The molecule has 1 rings (SSSR count). The van der Waals surface area contributed by atoms with E-state index in [0.29, 0.717) is 6.04 Å². The van der Waals surface area contributed by atoms with Crippen LogP contribution in [-0.2, 0) is 12.8 Å². The van der Waals surface area contributed by atoms with Gasteiger partial charge in [-0.1, -0.05) is 20.8 Å². The van der Waals surface area contributed by atoms with E-state index in [4.69, 9.17) is 0 Å². The lowest BCUT2D eigenvalue weighted by Gasteiger charge is -2.15. The van der Waals surface area contributed by atoms with Gasteiger partial charge in [-0.3, -0.25) is 4.68 Å². The fraction of sp³-hybridized carbons (Fsp3) is 0.786. The molecule has 0 aliphatic carbocycles. The first-order valence-electron chi connectivity index (χ1n) is 7.00. The Balaban J connectivity index is 2.54. The molecule has 98 valence electrons. The predicted octanol–water partition coefficient (Wildman–Crippen LogP) is 2.96. The van der Waals surface area contributed by atoms with E-state index >= 15 is 0 Å². The molecule has 1 heterocycles. The van der Waals surface area contributed by atoms with Crippen LogP contribution in [0.25, 0.3) is 0 Å². The summed E-state index contributed by atoms with van der Waals surface area (Å²) >= 11 is 0. The molecule has 1 unspecified atom stereocenters. The van der Waals surface area contributed by atoms with Crippen LogP contribution in [0.15, 0.2) is 6.07 Å². The first kappa shape index (κ1) is 14.2. The number of hydrogen-bond acceptors (Lipinski definition) is 2. The van der Waals surface area contributed by atoms with E-state index in [2.05, 4.69) is 48.9 Å². The lowest BCUT2D eigenvalue weighted by atomic mass is 10.2. The van der Waals surface area contributed by atoms with Crippen molar-refractivity contribution in [1.82, 2.24) is 15.1 Å². The molecule has 17 heavy (non-hydrogen) atoms. The van der Waals surface area contributed by atoms with Crippen LogP contribution in [0.4, 0.5) is 0 Å². The lowest BCUT2D eigenvalue weighted by Crippen LogP contribution is -2.20. The van der Waals surface area contributed by atoms with Crippen molar-refractivity contribution in [2.75, 3.05) is 13.1 Å². The van der Waals surface area contributed by atoms with Gasteiger partial charge in [0.1, 0.15) is 0 Å². The second kappa shape index (κ2) is 7.49. The van der Waals surface area contributed by atoms with Crippen molar-refractivity contribution in [3.8, 4) is 0 Å². The Labute approximate surface area is 106 Å². The molecule has 0 aliphatic heterocycles. The number of rotatable bonds is 8. The number of nitrogens with one attached hydrogen (secondary N) is 1. The van der Waals surface area contributed by atoms with Gasteiger partial charge in [-0.25, -0.2) is 0 Å². The Kier molecular flexibility index (Phi) is 6.27. The molecule has 0 aromatic carbocycles. The number of nitrogens with zero attached hydrogens (tertiary/aromatic N) is 2. The van der Waals surface area contributed by atoms with Gasteiger partial charge in [-0.05, 0) is 51.8 Å². The van der Waals surface area contributed by atoms with Gasteiger partial charge < -0.3 is 5.32 Å². The summed E-state index contributed by atoms with van der Waals surface area (Å²) in [4.78, 5) is 0. The zero-order chi connectivity index (χ0) is 12.7. The molecule has 1 N–H and O–H groups in total. The largest absolute Gasteiger partial charge is 0.317 e. The summed E-state index contributed by atoms with van der Waals surface area (Å²) in [6, 6.07) is 2.74. The van der Waals surface area contributed by atoms with E-state index in [1.807, 2.05) is 0 Å². The third kappa shape index (κ3) is 4.15. The van der Waals surface area contributed by atoms with E-state index in [1.54, 1.807) is 0 Å². The van der Waals surface area contributed by atoms with Crippen molar-refractivity contribution in [2.45, 2.75) is 59.4 Å². The van der Waals surface area contributed by atoms with E-state index in [1.165, 1.54) is 17.8 Å². The highest BCUT2D eigenvalue weighted by Gasteiger charge is 2.11. The van der Waals surface area contributed by atoms with Crippen molar-refractivity contribution >= 4 is 0 Å². The van der Waals surface area contributed by atoms with Gasteiger partial charge in [-0.2, -0.15) is 5.10 Å². The molecule has 0 amide bonds. The van der Waals surface area contributed by atoms with Crippen LogP contribution in [0.1, 0.15) is 58.0 Å². The van der Waals surface area contributed by atoms with Crippen molar-refractivity contribution in [2.24, 2.45) is 0 Å². The summed E-state index contributed by atoms with van der Waals surface area (Å²) in [7, 11) is 0. The van der Waals surface area contributed by atoms with Crippen LogP contribution in [0.5, 0.6) is 0 Å². The molecule has 3 nitrogen and oxygen atoms in total. The van der Waals surface area contributed by atoms with E-state index in [0.717, 1.165) is 32.4 Å². The topological polar surface area (TPSA) is 29.9 Å². The molecule has 0 aliphatic rings. The van der Waals surface area contributed by atoms with Gasteiger partial charge in [0.25, 0.3) is 0 Å². The zero-order valence-electron chi connectivity index (χ0n) is 11.8. The number of aryl methyl sites for hydroxylation is 2. The van der Waals surface area contributed by atoms with Gasteiger partial charge >= 0.3 is 0 Å². The van der Waals surface area contributed by atoms with Crippen molar-refractivity contribution in [1.29, 1.82) is 0 Å². The Bertz CT molecular complexity index is 317. The van der Waals surface area contributed by atoms with Gasteiger partial charge in [0.15, 0.2) is 0 Å². The molecule has 0 fully saturated rings. The summed E-state index contributed by atoms with van der Waals surface area (Å²) in [5.74, 6) is 0. The second-order valence-electron chi connectivity index (χ2n) is 4.67. The Morgan fingerprint density at radius 3 is 2.59 bits per heavy atom. The third-order valence-electron chi connectivity index (χ3n) is 3.17. The molecule has 0 radical (unpaired) electrons. The molecule has 1 aromatic heterocycles. The number of aromatic nitrogens is 2. The molecule has 0 saturated carbocycles. The second-order valence-corrected chi connectivity index (χ2v) is 4.67. The molecular formula is C14H27N3. The first-order chi connectivity index (χ1) is 8.22. The zero-order valence-corrected chi connectivity index (χ0v) is 11.8. The van der Waals surface area contributed by atoms with Gasteiger partial charge in [0.2, 0.25) is 0 Å². The number of hydrogen-bond donors (Lipinski definition) is 1. The van der Waals surface area contributed by atoms with Gasteiger partial charge in [0, 0.05) is 5.69 Å². The minimum atomic E-state index is 0.495. The van der Waals surface area contributed by atoms with E-state index < -0.39 is 0 Å². The van der Waals surface area contributed by atoms with Crippen LogP contribution >= 0.6 is 0 Å². The SMILES string of the molecule is CCCNCCC(C)n1nc(CC)cc1CC. The molecule has 1 atom stereocenters. The summed E-state index contributed by atoms with van der Waals surface area (Å²) in [6.07, 6.45) is 4.45. The summed E-state index contributed by atoms with van der Waals surface area (Å²) in [6.45, 7) is 11.0. The van der Waals surface area contributed by atoms with Gasteiger partial charge in [-0.15, -0.1) is 0 Å². The van der Waals surface area contributed by atoms with Crippen molar-refractivity contribution in [3.05, 3.63) is 17.5 Å². The molecule has 3 heteroatoms. The van der Waals surface area contributed by atoms with Crippen LogP contribution in [0, 0.1) is 0 Å². The smallest absolute Gasteiger partial charge is 0.0624 e. The monoisotopic (exact) mass is 237 g/mol. The normalized spacial score (nSPS) is 12.9. The maximum atomic E-state index is 4.69. The predicted molar refractivity (Wildman–Crippen MR) is 73.5 cm³/mol. The first-order valence-corrected chi connectivity index (χ1v) is 7.00. The third-order valence-corrected chi connectivity index (χ3v) is 3.17. The fourth-order valence-corrected chi connectivity index (χ4v) is 2.04. The highest BCUT2D eigenvalue weighted by Crippen LogP contribution is 2.15. The molecule has 0 saturated heterocycles. The standard InChI is InChI=1S/C14H27N3/c1-5-9-15-10-8-12(4)17-14(7-3)11-13(6-2)16-17/h11-12,15H,5-10H2,1-4H3. The maximum absolute atomic E-state index is 4.69. The van der Waals surface area contributed by atoms with Crippen LogP contribution in [-0.4, -0.2) is 22.9 Å². The van der Waals surface area contributed by atoms with E-state index in [9.17, 15) is 0 Å². The van der Waals surface area contributed by atoms with Crippen LogP contribution < -0.4 is 5.32 Å².